The van der Waals surface area contributed by atoms with Gasteiger partial charge in [0, 0.05) is 0 Å². The number of carboxylic acids is 1. The van der Waals surface area contributed by atoms with Gasteiger partial charge in [0.05, 0.1) is 11.2 Å². The number of hydrogen-bond acceptors (Lipinski definition) is 5. The van der Waals surface area contributed by atoms with Gasteiger partial charge < -0.3 is 10.4 Å². The van der Waals surface area contributed by atoms with Crippen LogP contribution in [0.4, 0.5) is 0 Å². The second-order valence-corrected chi connectivity index (χ2v) is 4.89. The van der Waals surface area contributed by atoms with E-state index in [-0.39, 0.29) is 10.7 Å². The van der Waals surface area contributed by atoms with Gasteiger partial charge in [0.15, 0.2) is 10.9 Å². The number of hydrogen-bond donors (Lipinski definition) is 2. The Kier molecular flexibility index (Phi) is 6.04. The van der Waals surface area contributed by atoms with Crippen molar-refractivity contribution in [1.29, 1.82) is 0 Å². The van der Waals surface area contributed by atoms with Crippen LogP contribution in [-0.4, -0.2) is 39.2 Å². The first-order valence-corrected chi connectivity index (χ1v) is 7.20. The van der Waals surface area contributed by atoms with E-state index in [1.54, 1.807) is 6.26 Å². The fourth-order valence-corrected chi connectivity index (χ4v) is 1.90. The van der Waals surface area contributed by atoms with Crippen LogP contribution in [0.3, 0.4) is 0 Å². The number of carboxylic acid groups (broad SMARTS) is 1. The SMILES string of the molecule is CCCC(NC(=O)c1nc(SC)ncc1Cl)C(=O)O. The Labute approximate surface area is 120 Å². The third-order valence-corrected chi connectivity index (χ3v) is 3.14. The number of halogens is 1. The number of aliphatic carboxylic acids is 1. The lowest BCUT2D eigenvalue weighted by Gasteiger charge is -2.13. The Balaban J connectivity index is 2.90. The van der Waals surface area contributed by atoms with Gasteiger partial charge in [0.2, 0.25) is 0 Å². The third kappa shape index (κ3) is 4.36. The molecule has 6 nitrogen and oxygen atoms in total. The lowest BCUT2D eigenvalue weighted by atomic mass is 10.1. The maximum Gasteiger partial charge on any atom is 0.326 e. The normalized spacial score (nSPS) is 11.9. The van der Waals surface area contributed by atoms with Gasteiger partial charge in [-0.3, -0.25) is 4.79 Å². The van der Waals surface area contributed by atoms with Gasteiger partial charge in [-0.1, -0.05) is 36.7 Å². The molecule has 1 atom stereocenters. The maximum absolute atomic E-state index is 12.0. The summed E-state index contributed by atoms with van der Waals surface area (Å²) in [5.41, 5.74) is -0.0108. The van der Waals surface area contributed by atoms with Crippen LogP contribution in [-0.2, 0) is 4.79 Å². The molecule has 0 radical (unpaired) electrons. The zero-order chi connectivity index (χ0) is 14.4. The minimum absolute atomic E-state index is 0.0108. The Morgan fingerprint density at radius 3 is 2.79 bits per heavy atom. The minimum Gasteiger partial charge on any atom is -0.480 e. The van der Waals surface area contributed by atoms with Crippen molar-refractivity contribution in [1.82, 2.24) is 15.3 Å². The average molecular weight is 304 g/mol. The molecule has 1 aromatic heterocycles. The molecule has 0 saturated carbocycles. The van der Waals surface area contributed by atoms with Crippen LogP contribution < -0.4 is 5.32 Å². The van der Waals surface area contributed by atoms with Gasteiger partial charge in [-0.25, -0.2) is 14.8 Å². The van der Waals surface area contributed by atoms with E-state index in [9.17, 15) is 9.59 Å². The summed E-state index contributed by atoms with van der Waals surface area (Å²) in [5.74, 6) is -1.69. The molecule has 1 unspecified atom stereocenters. The molecule has 0 fully saturated rings. The second kappa shape index (κ2) is 7.30. The quantitative estimate of drug-likeness (QED) is 0.615. The fourth-order valence-electron chi connectivity index (χ4n) is 1.38. The van der Waals surface area contributed by atoms with E-state index in [1.807, 2.05) is 6.92 Å². The second-order valence-electron chi connectivity index (χ2n) is 3.71. The Morgan fingerprint density at radius 1 is 1.58 bits per heavy atom. The molecule has 0 bridgehead atoms. The largest absolute Gasteiger partial charge is 0.480 e. The zero-order valence-electron chi connectivity index (χ0n) is 10.5. The van der Waals surface area contributed by atoms with E-state index >= 15 is 0 Å². The molecular formula is C11H14ClN3O3S. The van der Waals surface area contributed by atoms with E-state index < -0.39 is 17.9 Å². The highest BCUT2D eigenvalue weighted by atomic mass is 35.5. The molecule has 104 valence electrons. The van der Waals surface area contributed by atoms with Crippen LogP contribution in [0.25, 0.3) is 0 Å². The van der Waals surface area contributed by atoms with E-state index in [2.05, 4.69) is 15.3 Å². The summed E-state index contributed by atoms with van der Waals surface area (Å²) in [6.07, 6.45) is 4.08. The molecule has 0 aromatic carbocycles. The first-order chi connectivity index (χ1) is 8.99. The monoisotopic (exact) mass is 303 g/mol. The number of nitrogens with zero attached hydrogens (tertiary/aromatic N) is 2. The predicted molar refractivity (Wildman–Crippen MR) is 72.6 cm³/mol. The molecule has 0 aliphatic rings. The number of carbonyl (C=O) groups is 2. The average Bonchev–Trinajstić information content (AvgIpc) is 2.38. The number of thioether (sulfide) groups is 1. The van der Waals surface area contributed by atoms with Crippen molar-refractivity contribution in [2.45, 2.75) is 31.0 Å². The van der Waals surface area contributed by atoms with Crippen LogP contribution in [0.1, 0.15) is 30.3 Å². The van der Waals surface area contributed by atoms with Crippen molar-refractivity contribution >= 4 is 35.2 Å². The van der Waals surface area contributed by atoms with E-state index in [0.29, 0.717) is 18.0 Å². The number of carbonyl (C=O) groups excluding carboxylic acids is 1. The third-order valence-electron chi connectivity index (χ3n) is 2.30. The lowest BCUT2D eigenvalue weighted by Crippen LogP contribution is -2.41. The summed E-state index contributed by atoms with van der Waals surface area (Å²) in [4.78, 5) is 30.8. The number of amides is 1. The van der Waals surface area contributed by atoms with Crippen molar-refractivity contribution in [3.8, 4) is 0 Å². The van der Waals surface area contributed by atoms with Gasteiger partial charge in [-0.15, -0.1) is 0 Å². The highest BCUT2D eigenvalue weighted by Crippen LogP contribution is 2.16. The topological polar surface area (TPSA) is 92.2 Å². The number of aromatic nitrogens is 2. The predicted octanol–water partition coefficient (Wildman–Crippen LogP) is 1.84. The molecule has 0 aliphatic heterocycles. The van der Waals surface area contributed by atoms with Crippen molar-refractivity contribution in [3.63, 3.8) is 0 Å². The van der Waals surface area contributed by atoms with Crippen molar-refractivity contribution < 1.29 is 14.7 Å². The van der Waals surface area contributed by atoms with Crippen LogP contribution in [0.2, 0.25) is 5.02 Å². The van der Waals surface area contributed by atoms with Gasteiger partial charge in [0.1, 0.15) is 6.04 Å². The van der Waals surface area contributed by atoms with Crippen LogP contribution >= 0.6 is 23.4 Å². The van der Waals surface area contributed by atoms with Crippen molar-refractivity contribution in [2.75, 3.05) is 6.26 Å². The Morgan fingerprint density at radius 2 is 2.26 bits per heavy atom. The summed E-state index contributed by atoms with van der Waals surface area (Å²) < 4.78 is 0. The van der Waals surface area contributed by atoms with Gasteiger partial charge in [0.25, 0.3) is 5.91 Å². The molecule has 0 aliphatic carbocycles. The number of rotatable bonds is 6. The van der Waals surface area contributed by atoms with Crippen LogP contribution in [0.5, 0.6) is 0 Å². The molecule has 1 amide bonds. The summed E-state index contributed by atoms with van der Waals surface area (Å²) >= 11 is 7.11. The van der Waals surface area contributed by atoms with Crippen molar-refractivity contribution in [2.24, 2.45) is 0 Å². The molecular weight excluding hydrogens is 290 g/mol. The molecule has 8 heteroatoms. The first-order valence-electron chi connectivity index (χ1n) is 5.59. The van der Waals surface area contributed by atoms with E-state index in [4.69, 9.17) is 16.7 Å². The molecule has 0 spiro atoms. The smallest absolute Gasteiger partial charge is 0.326 e. The maximum atomic E-state index is 12.0. The minimum atomic E-state index is -1.08. The Bertz CT molecular complexity index is 484. The Hall–Kier alpha value is -1.34. The summed E-state index contributed by atoms with van der Waals surface area (Å²) in [6.45, 7) is 1.84. The highest BCUT2D eigenvalue weighted by Gasteiger charge is 2.22. The summed E-state index contributed by atoms with van der Waals surface area (Å²) in [6, 6.07) is -0.943. The van der Waals surface area contributed by atoms with E-state index in [1.165, 1.54) is 18.0 Å². The van der Waals surface area contributed by atoms with Crippen LogP contribution in [0, 0.1) is 0 Å². The van der Waals surface area contributed by atoms with Gasteiger partial charge >= 0.3 is 5.97 Å². The summed E-state index contributed by atoms with van der Waals surface area (Å²) in [5, 5.41) is 11.9. The summed E-state index contributed by atoms with van der Waals surface area (Å²) in [7, 11) is 0. The van der Waals surface area contributed by atoms with Crippen molar-refractivity contribution in [3.05, 3.63) is 16.9 Å². The van der Waals surface area contributed by atoms with Gasteiger partial charge in [-0.05, 0) is 12.7 Å². The highest BCUT2D eigenvalue weighted by molar-refractivity contribution is 7.98. The molecule has 1 rings (SSSR count). The molecule has 1 aromatic rings. The fraction of sp³-hybridized carbons (Fsp3) is 0.455. The zero-order valence-corrected chi connectivity index (χ0v) is 12.1. The van der Waals surface area contributed by atoms with Gasteiger partial charge in [-0.2, -0.15) is 0 Å². The molecule has 19 heavy (non-hydrogen) atoms. The standard InChI is InChI=1S/C11H14ClN3O3S/c1-3-4-7(10(17)18)14-9(16)8-6(12)5-13-11(15-8)19-2/h5,7H,3-4H2,1-2H3,(H,14,16)(H,17,18). The lowest BCUT2D eigenvalue weighted by molar-refractivity contribution is -0.139. The molecule has 1 heterocycles. The number of nitrogens with one attached hydrogen (secondary N) is 1. The first kappa shape index (κ1) is 15.7. The van der Waals surface area contributed by atoms with Crippen LogP contribution in [0.15, 0.2) is 11.4 Å². The van der Waals surface area contributed by atoms with E-state index in [0.717, 1.165) is 0 Å². The molecule has 2 N–H and O–H groups in total. The molecule has 0 saturated heterocycles.